The standard InChI is InChI=1S/C19H14F2N4OS/c1-24-9-8-22-17(24)11-27-19-23-15-5-3-2-4-13(15)18(26)25(19)16-7-6-12(20)10-14(16)21/h2-10H,11H2,1H3. The normalized spacial score (nSPS) is 11.2. The Morgan fingerprint density at radius 1 is 1.15 bits per heavy atom. The molecule has 0 amide bonds. The largest absolute Gasteiger partial charge is 0.337 e. The zero-order valence-electron chi connectivity index (χ0n) is 14.3. The smallest absolute Gasteiger partial charge is 0.266 e. The third-order valence-corrected chi connectivity index (χ3v) is 5.08. The van der Waals surface area contributed by atoms with E-state index < -0.39 is 17.2 Å². The number of aromatic nitrogens is 4. The first-order valence-corrected chi connectivity index (χ1v) is 9.09. The van der Waals surface area contributed by atoms with Crippen LogP contribution in [-0.4, -0.2) is 19.1 Å². The highest BCUT2D eigenvalue weighted by molar-refractivity contribution is 7.98. The summed E-state index contributed by atoms with van der Waals surface area (Å²) < 4.78 is 30.8. The van der Waals surface area contributed by atoms with Gasteiger partial charge in [-0.2, -0.15) is 0 Å². The van der Waals surface area contributed by atoms with Crippen LogP contribution in [0.25, 0.3) is 16.6 Å². The molecule has 0 unspecified atom stereocenters. The molecule has 8 heteroatoms. The van der Waals surface area contributed by atoms with Crippen LogP contribution in [0.1, 0.15) is 5.82 Å². The maximum atomic E-state index is 14.4. The molecule has 0 aliphatic rings. The first-order valence-electron chi connectivity index (χ1n) is 8.11. The molecule has 2 aromatic carbocycles. The van der Waals surface area contributed by atoms with Crippen LogP contribution in [0.4, 0.5) is 8.78 Å². The van der Waals surface area contributed by atoms with Crippen molar-refractivity contribution in [1.29, 1.82) is 0 Å². The van der Waals surface area contributed by atoms with E-state index >= 15 is 0 Å². The third kappa shape index (κ3) is 3.23. The first kappa shape index (κ1) is 17.4. The SMILES string of the molecule is Cn1ccnc1CSc1nc2ccccc2c(=O)n1-c1ccc(F)cc1F. The van der Waals surface area contributed by atoms with Crippen LogP contribution in [0, 0.1) is 11.6 Å². The second kappa shape index (κ2) is 6.96. The van der Waals surface area contributed by atoms with Crippen LogP contribution in [-0.2, 0) is 12.8 Å². The molecule has 27 heavy (non-hydrogen) atoms. The predicted octanol–water partition coefficient (Wildman–Crippen LogP) is 3.69. The number of aryl methyl sites for hydroxylation is 1. The average molecular weight is 384 g/mol. The molecular weight excluding hydrogens is 370 g/mol. The van der Waals surface area contributed by atoms with Crippen LogP contribution >= 0.6 is 11.8 Å². The lowest BCUT2D eigenvalue weighted by molar-refractivity contribution is 0.572. The van der Waals surface area contributed by atoms with Crippen molar-refractivity contribution in [3.8, 4) is 5.69 Å². The number of thioether (sulfide) groups is 1. The van der Waals surface area contributed by atoms with Crippen molar-refractivity contribution in [2.24, 2.45) is 7.05 Å². The number of rotatable bonds is 4. The minimum atomic E-state index is -0.826. The Hall–Kier alpha value is -3.00. The van der Waals surface area contributed by atoms with Crippen molar-refractivity contribution in [1.82, 2.24) is 19.1 Å². The number of fused-ring (bicyclic) bond motifs is 1. The summed E-state index contributed by atoms with van der Waals surface area (Å²) in [7, 11) is 1.86. The summed E-state index contributed by atoms with van der Waals surface area (Å²) in [5.41, 5.74) is 0.0686. The lowest BCUT2D eigenvalue weighted by Gasteiger charge is -2.14. The Balaban J connectivity index is 1.90. The van der Waals surface area contributed by atoms with Crippen molar-refractivity contribution < 1.29 is 8.78 Å². The molecule has 0 saturated carbocycles. The third-order valence-electron chi connectivity index (χ3n) is 4.15. The number of halogens is 2. The molecule has 5 nitrogen and oxygen atoms in total. The monoisotopic (exact) mass is 384 g/mol. The fourth-order valence-electron chi connectivity index (χ4n) is 2.75. The lowest BCUT2D eigenvalue weighted by Crippen LogP contribution is -2.22. The molecule has 0 aliphatic heterocycles. The summed E-state index contributed by atoms with van der Waals surface area (Å²) in [6.45, 7) is 0. The highest BCUT2D eigenvalue weighted by Gasteiger charge is 2.17. The number of nitrogens with zero attached hydrogens (tertiary/aromatic N) is 4. The van der Waals surface area contributed by atoms with E-state index in [1.807, 2.05) is 17.8 Å². The Morgan fingerprint density at radius 3 is 2.70 bits per heavy atom. The van der Waals surface area contributed by atoms with E-state index in [0.29, 0.717) is 21.8 Å². The molecule has 0 saturated heterocycles. The number of hydrogen-bond acceptors (Lipinski definition) is 4. The summed E-state index contributed by atoms with van der Waals surface area (Å²) in [6.07, 6.45) is 3.49. The summed E-state index contributed by atoms with van der Waals surface area (Å²) in [5, 5.41) is 0.676. The molecule has 2 heterocycles. The van der Waals surface area contributed by atoms with Gasteiger partial charge in [0.2, 0.25) is 0 Å². The van der Waals surface area contributed by atoms with Gasteiger partial charge >= 0.3 is 0 Å². The Bertz CT molecular complexity index is 1200. The van der Waals surface area contributed by atoms with Gasteiger partial charge in [0.05, 0.1) is 22.3 Å². The van der Waals surface area contributed by atoms with Gasteiger partial charge in [-0.15, -0.1) is 0 Å². The Kier molecular flexibility index (Phi) is 4.49. The molecule has 4 aromatic rings. The fourth-order valence-corrected chi connectivity index (χ4v) is 3.76. The number of benzene rings is 2. The zero-order chi connectivity index (χ0) is 19.0. The molecule has 0 bridgehead atoms. The number of hydrogen-bond donors (Lipinski definition) is 0. The molecule has 136 valence electrons. The maximum Gasteiger partial charge on any atom is 0.266 e. The molecule has 0 N–H and O–H groups in total. The van der Waals surface area contributed by atoms with E-state index in [0.717, 1.165) is 18.0 Å². The minimum absolute atomic E-state index is 0.0398. The van der Waals surface area contributed by atoms with Gasteiger partial charge in [0.1, 0.15) is 17.5 Å². The number of para-hydroxylation sites is 1. The second-order valence-corrected chi connectivity index (χ2v) is 6.83. The molecular formula is C19H14F2N4OS. The molecule has 2 aromatic heterocycles. The molecule has 0 fully saturated rings. The van der Waals surface area contributed by atoms with Crippen LogP contribution in [0.3, 0.4) is 0 Å². The molecule has 0 aliphatic carbocycles. The molecule has 0 atom stereocenters. The summed E-state index contributed by atoms with van der Waals surface area (Å²) in [5.74, 6) is -0.307. The van der Waals surface area contributed by atoms with Gasteiger partial charge in [-0.1, -0.05) is 23.9 Å². The Morgan fingerprint density at radius 2 is 1.96 bits per heavy atom. The lowest BCUT2D eigenvalue weighted by atomic mass is 10.2. The average Bonchev–Trinajstić information content (AvgIpc) is 3.06. The van der Waals surface area contributed by atoms with Gasteiger partial charge in [-0.25, -0.2) is 18.7 Å². The molecule has 4 rings (SSSR count). The first-order chi connectivity index (χ1) is 13.0. The fraction of sp³-hybridized carbons (Fsp3) is 0.105. The molecule has 0 spiro atoms. The predicted molar refractivity (Wildman–Crippen MR) is 100 cm³/mol. The van der Waals surface area contributed by atoms with E-state index in [9.17, 15) is 13.6 Å². The van der Waals surface area contributed by atoms with Gasteiger partial charge in [-0.05, 0) is 24.3 Å². The van der Waals surface area contributed by atoms with Crippen molar-refractivity contribution >= 4 is 22.7 Å². The van der Waals surface area contributed by atoms with Crippen molar-refractivity contribution in [3.05, 3.63) is 82.7 Å². The zero-order valence-corrected chi connectivity index (χ0v) is 15.1. The topological polar surface area (TPSA) is 52.7 Å². The van der Waals surface area contributed by atoms with Crippen molar-refractivity contribution in [2.75, 3.05) is 0 Å². The quantitative estimate of drug-likeness (QED) is 0.398. The number of imidazole rings is 1. The van der Waals surface area contributed by atoms with Gasteiger partial charge in [-0.3, -0.25) is 9.36 Å². The van der Waals surface area contributed by atoms with E-state index in [-0.39, 0.29) is 5.69 Å². The van der Waals surface area contributed by atoms with Crippen molar-refractivity contribution in [2.45, 2.75) is 10.9 Å². The van der Waals surface area contributed by atoms with Crippen LogP contribution in [0.15, 0.2) is 64.8 Å². The van der Waals surface area contributed by atoms with Gasteiger partial charge in [0.15, 0.2) is 5.16 Å². The van der Waals surface area contributed by atoms with E-state index in [4.69, 9.17) is 0 Å². The minimum Gasteiger partial charge on any atom is -0.337 e. The van der Waals surface area contributed by atoms with E-state index in [1.54, 1.807) is 30.5 Å². The summed E-state index contributed by atoms with van der Waals surface area (Å²) in [6, 6.07) is 9.98. The van der Waals surface area contributed by atoms with Gasteiger partial charge < -0.3 is 4.57 Å². The molecule has 0 radical (unpaired) electrons. The van der Waals surface area contributed by atoms with Crippen LogP contribution in [0.5, 0.6) is 0 Å². The van der Waals surface area contributed by atoms with Gasteiger partial charge in [0.25, 0.3) is 5.56 Å². The van der Waals surface area contributed by atoms with Crippen LogP contribution in [0.2, 0.25) is 0 Å². The maximum absolute atomic E-state index is 14.4. The van der Waals surface area contributed by atoms with E-state index in [1.165, 1.54) is 22.4 Å². The Labute approximate surface area is 157 Å². The van der Waals surface area contributed by atoms with Crippen molar-refractivity contribution in [3.63, 3.8) is 0 Å². The summed E-state index contributed by atoms with van der Waals surface area (Å²) in [4.78, 5) is 21.8. The highest BCUT2D eigenvalue weighted by Crippen LogP contribution is 2.25. The summed E-state index contributed by atoms with van der Waals surface area (Å²) >= 11 is 1.26. The van der Waals surface area contributed by atoms with Gasteiger partial charge in [0, 0.05) is 25.5 Å². The highest BCUT2D eigenvalue weighted by atomic mass is 32.2. The second-order valence-electron chi connectivity index (χ2n) is 5.89. The van der Waals surface area contributed by atoms with E-state index in [2.05, 4.69) is 9.97 Å². The van der Waals surface area contributed by atoms with Crippen LogP contribution < -0.4 is 5.56 Å².